The van der Waals surface area contributed by atoms with Gasteiger partial charge in [0.2, 0.25) is 11.6 Å². The molecule has 0 radical (unpaired) electrons. The molecule has 0 N–H and O–H groups in total. The van der Waals surface area contributed by atoms with Crippen molar-refractivity contribution in [1.82, 2.24) is 0 Å². The zero-order valence-corrected chi connectivity index (χ0v) is 13.1. The van der Waals surface area contributed by atoms with Gasteiger partial charge in [-0.1, -0.05) is 49.9 Å². The molecule has 0 heterocycles. The van der Waals surface area contributed by atoms with Gasteiger partial charge in [-0.05, 0) is 12.8 Å². The summed E-state index contributed by atoms with van der Waals surface area (Å²) < 4.78 is 10.5. The Morgan fingerprint density at radius 3 is 1.45 bits per heavy atom. The van der Waals surface area contributed by atoms with Crippen molar-refractivity contribution in [1.29, 1.82) is 0 Å². The molecule has 6 heteroatoms. The van der Waals surface area contributed by atoms with Gasteiger partial charge in [0.05, 0.1) is 13.2 Å². The van der Waals surface area contributed by atoms with E-state index in [0.29, 0.717) is 13.2 Å². The molecular formula is C14H18Cl2O4. The Hall–Kier alpha value is -1.00. The Balaban J connectivity index is 2.84. The van der Waals surface area contributed by atoms with Crippen LogP contribution in [0.25, 0.3) is 0 Å². The van der Waals surface area contributed by atoms with Crippen LogP contribution in [0.1, 0.15) is 39.5 Å². The fraction of sp³-hybridized carbons (Fsp3) is 0.571. The largest absolute Gasteiger partial charge is 0.488 e. The minimum absolute atomic E-state index is 0.182. The fourth-order valence-electron chi connectivity index (χ4n) is 1.50. The summed E-state index contributed by atoms with van der Waals surface area (Å²) in [6, 6.07) is 0. The van der Waals surface area contributed by atoms with Crippen LogP contribution in [0.2, 0.25) is 0 Å². The van der Waals surface area contributed by atoms with E-state index in [1.807, 2.05) is 13.8 Å². The molecule has 0 spiro atoms. The number of ether oxygens (including phenoxy) is 2. The number of halogens is 2. The van der Waals surface area contributed by atoms with Gasteiger partial charge < -0.3 is 9.47 Å². The second-order valence-electron chi connectivity index (χ2n) is 4.35. The highest BCUT2D eigenvalue weighted by Crippen LogP contribution is 2.30. The summed E-state index contributed by atoms with van der Waals surface area (Å²) in [5.74, 6) is -1.56. The molecule has 0 aromatic carbocycles. The van der Waals surface area contributed by atoms with Gasteiger partial charge in [-0.25, -0.2) is 0 Å². The number of allylic oxidation sites excluding steroid dienone is 2. The Bertz CT molecular complexity index is 410. The number of ketones is 2. The van der Waals surface area contributed by atoms with E-state index in [9.17, 15) is 9.59 Å². The molecule has 0 saturated heterocycles. The molecule has 4 nitrogen and oxygen atoms in total. The summed E-state index contributed by atoms with van der Waals surface area (Å²) in [6.07, 6.45) is 3.33. The first-order valence-electron chi connectivity index (χ1n) is 6.69. The average molecular weight is 321 g/mol. The minimum atomic E-state index is -0.598. The molecule has 0 aliphatic heterocycles. The lowest BCUT2D eigenvalue weighted by atomic mass is 10.1. The van der Waals surface area contributed by atoms with Crippen LogP contribution in [0.3, 0.4) is 0 Å². The van der Waals surface area contributed by atoms with Crippen molar-refractivity contribution < 1.29 is 19.1 Å². The summed E-state index contributed by atoms with van der Waals surface area (Å²) in [5, 5.41) is -0.524. The van der Waals surface area contributed by atoms with Crippen molar-refractivity contribution in [3.63, 3.8) is 0 Å². The molecule has 0 bridgehead atoms. The van der Waals surface area contributed by atoms with Gasteiger partial charge in [0.1, 0.15) is 10.1 Å². The van der Waals surface area contributed by atoms with Crippen LogP contribution in [-0.4, -0.2) is 24.8 Å². The van der Waals surface area contributed by atoms with Crippen LogP contribution < -0.4 is 0 Å². The molecule has 0 aromatic heterocycles. The standard InChI is InChI=1S/C14H18Cl2O4/c1-3-5-7-19-13-9(15)12(18)14(10(16)11(13)17)20-8-6-4-2/h3-8H2,1-2H3. The van der Waals surface area contributed by atoms with Gasteiger partial charge in [0.25, 0.3) is 0 Å². The van der Waals surface area contributed by atoms with Crippen molar-refractivity contribution >= 4 is 34.8 Å². The molecule has 112 valence electrons. The van der Waals surface area contributed by atoms with E-state index in [-0.39, 0.29) is 21.6 Å². The molecule has 0 unspecified atom stereocenters. The maximum Gasteiger partial charge on any atom is 0.244 e. The van der Waals surface area contributed by atoms with Crippen LogP contribution in [0.15, 0.2) is 21.6 Å². The Labute approximate surface area is 128 Å². The van der Waals surface area contributed by atoms with Gasteiger partial charge in [0, 0.05) is 0 Å². The van der Waals surface area contributed by atoms with Crippen molar-refractivity contribution in [3.8, 4) is 0 Å². The van der Waals surface area contributed by atoms with Gasteiger partial charge >= 0.3 is 0 Å². The Kier molecular flexibility index (Phi) is 7.10. The average Bonchev–Trinajstić information content (AvgIpc) is 2.44. The topological polar surface area (TPSA) is 52.6 Å². The fourth-order valence-corrected chi connectivity index (χ4v) is 1.95. The lowest BCUT2D eigenvalue weighted by Crippen LogP contribution is -2.23. The van der Waals surface area contributed by atoms with Crippen LogP contribution in [-0.2, 0) is 19.1 Å². The molecule has 1 aliphatic carbocycles. The number of hydrogen-bond donors (Lipinski definition) is 0. The number of carbonyl (C=O) groups is 2. The monoisotopic (exact) mass is 320 g/mol. The smallest absolute Gasteiger partial charge is 0.244 e. The van der Waals surface area contributed by atoms with Crippen LogP contribution in [0.4, 0.5) is 0 Å². The third kappa shape index (κ3) is 4.00. The lowest BCUT2D eigenvalue weighted by molar-refractivity contribution is -0.120. The van der Waals surface area contributed by atoms with Crippen LogP contribution in [0, 0.1) is 0 Å². The van der Waals surface area contributed by atoms with E-state index in [1.165, 1.54) is 0 Å². The van der Waals surface area contributed by atoms with E-state index in [4.69, 9.17) is 32.7 Å². The second-order valence-corrected chi connectivity index (χ2v) is 5.10. The highest BCUT2D eigenvalue weighted by Gasteiger charge is 2.36. The molecular weight excluding hydrogens is 303 g/mol. The molecule has 0 atom stereocenters. The van der Waals surface area contributed by atoms with Crippen molar-refractivity contribution in [2.75, 3.05) is 13.2 Å². The zero-order chi connectivity index (χ0) is 15.1. The quantitative estimate of drug-likeness (QED) is 0.505. The van der Waals surface area contributed by atoms with E-state index in [1.54, 1.807) is 0 Å². The zero-order valence-electron chi connectivity index (χ0n) is 11.6. The van der Waals surface area contributed by atoms with Crippen molar-refractivity contribution in [3.05, 3.63) is 21.6 Å². The van der Waals surface area contributed by atoms with E-state index >= 15 is 0 Å². The molecule has 20 heavy (non-hydrogen) atoms. The number of Topliss-reactive ketones (excluding diaryl/α,β-unsaturated/α-hetero) is 2. The van der Waals surface area contributed by atoms with E-state index < -0.39 is 11.6 Å². The van der Waals surface area contributed by atoms with Crippen molar-refractivity contribution in [2.45, 2.75) is 39.5 Å². The molecule has 1 rings (SSSR count). The molecule has 0 fully saturated rings. The SMILES string of the molecule is CCCCOC1=C(Cl)C(=O)C(OCCCC)=C(Cl)C1=O. The summed E-state index contributed by atoms with van der Waals surface area (Å²) in [5.41, 5.74) is 0. The number of carbonyl (C=O) groups excluding carboxylic acids is 2. The molecule has 1 aliphatic rings. The first kappa shape index (κ1) is 17.1. The normalized spacial score (nSPS) is 16.0. The Morgan fingerprint density at radius 2 is 1.15 bits per heavy atom. The number of hydrogen-bond acceptors (Lipinski definition) is 4. The minimum Gasteiger partial charge on any atom is -0.488 e. The lowest BCUT2D eigenvalue weighted by Gasteiger charge is -2.18. The predicted molar refractivity (Wildman–Crippen MR) is 77.5 cm³/mol. The van der Waals surface area contributed by atoms with E-state index in [2.05, 4.69) is 0 Å². The van der Waals surface area contributed by atoms with Crippen LogP contribution in [0.5, 0.6) is 0 Å². The maximum atomic E-state index is 12.0. The molecule has 0 aromatic rings. The molecule has 0 amide bonds. The third-order valence-electron chi connectivity index (χ3n) is 2.70. The van der Waals surface area contributed by atoms with Crippen molar-refractivity contribution in [2.24, 2.45) is 0 Å². The first-order valence-corrected chi connectivity index (χ1v) is 7.44. The second kappa shape index (κ2) is 8.32. The predicted octanol–water partition coefficient (Wildman–Crippen LogP) is 3.67. The van der Waals surface area contributed by atoms with Gasteiger partial charge in [-0.2, -0.15) is 0 Å². The first-order chi connectivity index (χ1) is 9.54. The summed E-state index contributed by atoms with van der Waals surface area (Å²) in [4.78, 5) is 24.1. The third-order valence-corrected chi connectivity index (χ3v) is 3.39. The maximum absolute atomic E-state index is 12.0. The van der Waals surface area contributed by atoms with E-state index in [0.717, 1.165) is 25.7 Å². The summed E-state index contributed by atoms with van der Waals surface area (Å²) >= 11 is 11.8. The summed E-state index contributed by atoms with van der Waals surface area (Å²) in [7, 11) is 0. The highest BCUT2D eigenvalue weighted by atomic mass is 35.5. The highest BCUT2D eigenvalue weighted by molar-refractivity contribution is 6.55. The number of rotatable bonds is 8. The van der Waals surface area contributed by atoms with Gasteiger partial charge in [0.15, 0.2) is 11.5 Å². The van der Waals surface area contributed by atoms with Crippen LogP contribution >= 0.6 is 23.2 Å². The molecule has 0 saturated carbocycles. The van der Waals surface area contributed by atoms with Gasteiger partial charge in [-0.3, -0.25) is 9.59 Å². The number of unbranched alkanes of at least 4 members (excludes halogenated alkanes) is 2. The summed E-state index contributed by atoms with van der Waals surface area (Å²) in [6.45, 7) is 4.61. The Morgan fingerprint density at radius 1 is 0.800 bits per heavy atom. The van der Waals surface area contributed by atoms with Gasteiger partial charge in [-0.15, -0.1) is 0 Å².